The molecule has 0 spiro atoms. The van der Waals surface area contributed by atoms with Crippen LogP contribution in [-0.2, 0) is 13.8 Å². The summed E-state index contributed by atoms with van der Waals surface area (Å²) in [7, 11) is -4.41. The second-order valence-corrected chi connectivity index (χ2v) is 8.55. The van der Waals surface area contributed by atoms with Crippen molar-refractivity contribution >= 4 is 7.82 Å². The Bertz CT molecular complexity index is 335. The molecule has 0 saturated heterocycles. The van der Waals surface area contributed by atoms with E-state index in [1.54, 1.807) is 13.8 Å². The van der Waals surface area contributed by atoms with Gasteiger partial charge < -0.3 is 14.5 Å². The van der Waals surface area contributed by atoms with E-state index in [-0.39, 0.29) is 0 Å². The van der Waals surface area contributed by atoms with Crippen LogP contribution in [0.4, 0.5) is 0 Å². The molecule has 0 aromatic rings. The van der Waals surface area contributed by atoms with Gasteiger partial charge in [0.25, 0.3) is 0 Å². The molecule has 0 amide bonds. The first-order chi connectivity index (χ1) is 9.97. The molecule has 0 aliphatic carbocycles. The standard InChI is InChI=1S/C16H35O5P/c1-6-15(2,3)11-7-9-13-20-14-10-8-12-16(4,5)21-22(17,18)19/h6-14H2,1-5H3,(H2,17,18,19). The second-order valence-electron chi connectivity index (χ2n) is 7.39. The SMILES string of the molecule is CCC(C)(C)CCCCOCCCCC(C)(C)OP(=O)(O)O. The zero-order chi connectivity index (χ0) is 17.3. The first-order valence-corrected chi connectivity index (χ1v) is 9.84. The van der Waals surface area contributed by atoms with Gasteiger partial charge >= 0.3 is 7.82 Å². The summed E-state index contributed by atoms with van der Waals surface area (Å²) in [6, 6.07) is 0. The van der Waals surface area contributed by atoms with Gasteiger partial charge in [-0.05, 0) is 51.4 Å². The number of ether oxygens (including phenoxy) is 1. The predicted molar refractivity (Wildman–Crippen MR) is 89.8 cm³/mol. The maximum atomic E-state index is 10.8. The number of rotatable bonds is 13. The van der Waals surface area contributed by atoms with E-state index < -0.39 is 13.4 Å². The van der Waals surface area contributed by atoms with Crippen molar-refractivity contribution in [2.45, 2.75) is 85.2 Å². The molecule has 0 aromatic carbocycles. The molecular weight excluding hydrogens is 303 g/mol. The number of phosphoric acid groups is 1. The van der Waals surface area contributed by atoms with Crippen molar-refractivity contribution in [3.63, 3.8) is 0 Å². The van der Waals surface area contributed by atoms with Crippen molar-refractivity contribution < 1.29 is 23.6 Å². The first-order valence-electron chi connectivity index (χ1n) is 8.31. The molecule has 0 fully saturated rings. The monoisotopic (exact) mass is 338 g/mol. The highest BCUT2D eigenvalue weighted by Gasteiger charge is 2.28. The lowest BCUT2D eigenvalue weighted by atomic mass is 9.85. The summed E-state index contributed by atoms with van der Waals surface area (Å²) in [4.78, 5) is 17.6. The summed E-state index contributed by atoms with van der Waals surface area (Å²) in [5.41, 5.74) is -0.366. The van der Waals surface area contributed by atoms with E-state index in [1.165, 1.54) is 19.3 Å². The van der Waals surface area contributed by atoms with Crippen LogP contribution >= 0.6 is 7.82 Å². The normalized spacial score (nSPS) is 13.6. The van der Waals surface area contributed by atoms with Gasteiger partial charge in [-0.3, -0.25) is 4.52 Å². The second kappa shape index (κ2) is 10.0. The van der Waals surface area contributed by atoms with Crippen LogP contribution in [0, 0.1) is 5.41 Å². The van der Waals surface area contributed by atoms with Gasteiger partial charge in [0.1, 0.15) is 0 Å². The van der Waals surface area contributed by atoms with Crippen LogP contribution in [0.15, 0.2) is 0 Å². The van der Waals surface area contributed by atoms with E-state index in [0.29, 0.717) is 18.4 Å². The molecule has 6 heteroatoms. The van der Waals surface area contributed by atoms with Crippen molar-refractivity contribution in [3.05, 3.63) is 0 Å². The van der Waals surface area contributed by atoms with Crippen LogP contribution in [0.25, 0.3) is 0 Å². The fraction of sp³-hybridized carbons (Fsp3) is 1.00. The third-order valence-corrected chi connectivity index (χ3v) is 4.76. The molecule has 22 heavy (non-hydrogen) atoms. The highest BCUT2D eigenvalue weighted by atomic mass is 31.2. The van der Waals surface area contributed by atoms with Crippen molar-refractivity contribution in [3.8, 4) is 0 Å². The van der Waals surface area contributed by atoms with Crippen LogP contribution in [0.5, 0.6) is 0 Å². The lowest BCUT2D eigenvalue weighted by molar-refractivity contribution is 0.0522. The fourth-order valence-corrected chi connectivity index (χ4v) is 2.94. The molecule has 0 aliphatic heterocycles. The summed E-state index contributed by atoms with van der Waals surface area (Å²) in [6.07, 6.45) is 7.05. The summed E-state index contributed by atoms with van der Waals surface area (Å²) in [6.45, 7) is 11.7. The summed E-state index contributed by atoms with van der Waals surface area (Å²) < 4.78 is 21.2. The highest BCUT2D eigenvalue weighted by Crippen LogP contribution is 2.42. The van der Waals surface area contributed by atoms with Gasteiger partial charge in [0, 0.05) is 13.2 Å². The van der Waals surface area contributed by atoms with Gasteiger partial charge in [0.15, 0.2) is 0 Å². The van der Waals surface area contributed by atoms with Crippen molar-refractivity contribution in [2.75, 3.05) is 13.2 Å². The van der Waals surface area contributed by atoms with E-state index >= 15 is 0 Å². The van der Waals surface area contributed by atoms with Crippen LogP contribution in [0.2, 0.25) is 0 Å². The minimum Gasteiger partial charge on any atom is -0.381 e. The van der Waals surface area contributed by atoms with Gasteiger partial charge in [-0.25, -0.2) is 4.57 Å². The number of unbranched alkanes of at least 4 members (excludes halogenated alkanes) is 2. The Kier molecular flexibility index (Phi) is 10.1. The van der Waals surface area contributed by atoms with Crippen LogP contribution in [-0.4, -0.2) is 28.6 Å². The van der Waals surface area contributed by atoms with E-state index in [9.17, 15) is 4.57 Å². The van der Waals surface area contributed by atoms with Gasteiger partial charge in [-0.1, -0.05) is 33.6 Å². The number of hydrogen-bond donors (Lipinski definition) is 2. The van der Waals surface area contributed by atoms with Crippen LogP contribution < -0.4 is 0 Å². The zero-order valence-electron chi connectivity index (χ0n) is 14.9. The van der Waals surface area contributed by atoms with Gasteiger partial charge in [0.05, 0.1) is 5.60 Å². The zero-order valence-corrected chi connectivity index (χ0v) is 15.8. The van der Waals surface area contributed by atoms with E-state index in [0.717, 1.165) is 25.9 Å². The largest absolute Gasteiger partial charge is 0.470 e. The Morgan fingerprint density at radius 1 is 0.909 bits per heavy atom. The van der Waals surface area contributed by atoms with E-state index in [2.05, 4.69) is 20.8 Å². The number of phosphoric ester groups is 1. The van der Waals surface area contributed by atoms with Gasteiger partial charge in [-0.15, -0.1) is 0 Å². The third-order valence-electron chi connectivity index (χ3n) is 4.03. The molecule has 0 bridgehead atoms. The van der Waals surface area contributed by atoms with Crippen molar-refractivity contribution in [1.82, 2.24) is 0 Å². The average molecular weight is 338 g/mol. The molecule has 0 aromatic heterocycles. The van der Waals surface area contributed by atoms with E-state index in [1.807, 2.05) is 0 Å². The molecule has 5 nitrogen and oxygen atoms in total. The Morgan fingerprint density at radius 3 is 1.86 bits per heavy atom. The van der Waals surface area contributed by atoms with Crippen molar-refractivity contribution in [2.24, 2.45) is 5.41 Å². The summed E-state index contributed by atoms with van der Waals surface area (Å²) in [5, 5.41) is 0. The smallest absolute Gasteiger partial charge is 0.381 e. The minimum atomic E-state index is -4.41. The van der Waals surface area contributed by atoms with E-state index in [4.69, 9.17) is 19.0 Å². The molecule has 0 rings (SSSR count). The fourth-order valence-electron chi connectivity index (χ4n) is 2.21. The molecule has 0 radical (unpaired) electrons. The van der Waals surface area contributed by atoms with Gasteiger partial charge in [-0.2, -0.15) is 0 Å². The third kappa shape index (κ3) is 13.7. The molecule has 0 unspecified atom stereocenters. The minimum absolute atomic E-state index is 0.435. The van der Waals surface area contributed by atoms with Crippen molar-refractivity contribution in [1.29, 1.82) is 0 Å². The first kappa shape index (κ1) is 22.1. The maximum absolute atomic E-state index is 10.8. The van der Waals surface area contributed by atoms with Crippen LogP contribution in [0.3, 0.4) is 0 Å². The molecule has 134 valence electrons. The van der Waals surface area contributed by atoms with Gasteiger partial charge in [0.2, 0.25) is 0 Å². The molecule has 0 atom stereocenters. The Labute approximate surface area is 136 Å². The Morgan fingerprint density at radius 2 is 1.41 bits per heavy atom. The molecule has 0 aliphatic rings. The molecular formula is C16H35O5P. The highest BCUT2D eigenvalue weighted by molar-refractivity contribution is 7.46. The Hall–Kier alpha value is 0.0700. The lowest BCUT2D eigenvalue weighted by Gasteiger charge is -2.25. The Balaban J connectivity index is 3.53. The summed E-state index contributed by atoms with van der Waals surface area (Å²) in [5.74, 6) is 0. The maximum Gasteiger partial charge on any atom is 0.470 e. The predicted octanol–water partition coefficient (Wildman–Crippen LogP) is 4.67. The molecule has 0 heterocycles. The number of hydrogen-bond acceptors (Lipinski definition) is 3. The lowest BCUT2D eigenvalue weighted by Crippen LogP contribution is -2.22. The average Bonchev–Trinajstić information content (AvgIpc) is 2.33. The summed E-state index contributed by atoms with van der Waals surface area (Å²) >= 11 is 0. The quantitative estimate of drug-likeness (QED) is 0.377. The topological polar surface area (TPSA) is 76.0 Å². The van der Waals surface area contributed by atoms with Crippen LogP contribution in [0.1, 0.15) is 79.6 Å². The molecule has 0 saturated carbocycles. The molecule has 2 N–H and O–H groups in total.